The molecule has 0 aliphatic rings. The van der Waals surface area contributed by atoms with Crippen molar-refractivity contribution in [1.82, 2.24) is 16.0 Å². The van der Waals surface area contributed by atoms with Crippen LogP contribution in [0.4, 0.5) is 4.79 Å². The number of rotatable bonds is 12. The van der Waals surface area contributed by atoms with Gasteiger partial charge in [0.25, 0.3) is 0 Å². The van der Waals surface area contributed by atoms with E-state index >= 15 is 0 Å². The van der Waals surface area contributed by atoms with Crippen molar-refractivity contribution in [3.63, 3.8) is 0 Å². The summed E-state index contributed by atoms with van der Waals surface area (Å²) in [6, 6.07) is 17.6. The predicted molar refractivity (Wildman–Crippen MR) is 128 cm³/mol. The van der Waals surface area contributed by atoms with E-state index in [4.69, 9.17) is 4.74 Å². The van der Waals surface area contributed by atoms with E-state index in [2.05, 4.69) is 16.0 Å². The minimum Gasteiger partial charge on any atom is -0.445 e. The van der Waals surface area contributed by atoms with Gasteiger partial charge in [-0.15, -0.1) is 0 Å². The molecule has 178 valence electrons. The van der Waals surface area contributed by atoms with E-state index in [1.165, 1.54) is 0 Å². The summed E-state index contributed by atoms with van der Waals surface area (Å²) in [6.45, 7) is 6.40. The number of hydrogen-bond acceptors (Lipinski definition) is 4. The highest BCUT2D eigenvalue weighted by Crippen LogP contribution is 2.09. The van der Waals surface area contributed by atoms with Gasteiger partial charge < -0.3 is 20.7 Å². The first kappa shape index (κ1) is 25.9. The van der Waals surface area contributed by atoms with E-state index in [1.807, 2.05) is 81.4 Å². The van der Waals surface area contributed by atoms with Crippen LogP contribution in [-0.4, -0.2) is 36.5 Å². The number of carbonyl (C=O) groups is 3. The summed E-state index contributed by atoms with van der Waals surface area (Å²) in [5.74, 6) is -0.419. The molecule has 0 radical (unpaired) electrons. The first-order chi connectivity index (χ1) is 15.9. The van der Waals surface area contributed by atoms with Crippen molar-refractivity contribution in [1.29, 1.82) is 0 Å². The zero-order valence-electron chi connectivity index (χ0n) is 19.7. The number of amides is 3. The molecule has 0 unspecified atom stereocenters. The second-order valence-electron chi connectivity index (χ2n) is 8.37. The Morgan fingerprint density at radius 3 is 2.00 bits per heavy atom. The Morgan fingerprint density at radius 1 is 0.818 bits per heavy atom. The minimum atomic E-state index is -0.836. The molecule has 2 aromatic rings. The normalized spacial score (nSPS) is 12.5. The van der Waals surface area contributed by atoms with Crippen LogP contribution in [0.3, 0.4) is 0 Å². The summed E-state index contributed by atoms with van der Waals surface area (Å²) in [7, 11) is 0. The quantitative estimate of drug-likeness (QED) is 0.458. The summed E-state index contributed by atoms with van der Waals surface area (Å²) >= 11 is 0. The van der Waals surface area contributed by atoms with Gasteiger partial charge in [-0.05, 0) is 43.2 Å². The third-order valence-corrected chi connectivity index (χ3v) is 5.08. The molecule has 0 aliphatic heterocycles. The highest BCUT2D eigenvalue weighted by atomic mass is 16.5. The van der Waals surface area contributed by atoms with Crippen LogP contribution >= 0.6 is 0 Å². The molecule has 3 amide bonds. The van der Waals surface area contributed by atoms with Crippen LogP contribution in [0.25, 0.3) is 0 Å². The van der Waals surface area contributed by atoms with Crippen molar-refractivity contribution < 1.29 is 19.1 Å². The molecular formula is C26H35N3O4. The minimum absolute atomic E-state index is 0.106. The zero-order valence-corrected chi connectivity index (χ0v) is 19.7. The van der Waals surface area contributed by atoms with E-state index in [0.717, 1.165) is 11.1 Å². The molecular weight excluding hydrogens is 418 g/mol. The third kappa shape index (κ3) is 9.76. The van der Waals surface area contributed by atoms with E-state index in [9.17, 15) is 14.4 Å². The number of nitrogens with one attached hydrogen (secondary N) is 3. The van der Waals surface area contributed by atoms with Crippen LogP contribution in [0.1, 0.15) is 44.7 Å². The van der Waals surface area contributed by atoms with Gasteiger partial charge in [0.15, 0.2) is 0 Å². The van der Waals surface area contributed by atoms with Gasteiger partial charge in [0.1, 0.15) is 18.7 Å². The van der Waals surface area contributed by atoms with Crippen LogP contribution in [0.15, 0.2) is 60.7 Å². The molecule has 0 bridgehead atoms. The molecule has 0 heterocycles. The summed E-state index contributed by atoms with van der Waals surface area (Å²) in [4.78, 5) is 38.0. The SMILES string of the molecule is CCNC(=O)[C@H](CC(C)C)NC(=O)[C@H](CCc1ccccc1)NC(=O)OCc1ccccc1. The first-order valence-electron chi connectivity index (χ1n) is 11.5. The lowest BCUT2D eigenvalue weighted by Gasteiger charge is -2.24. The number of alkyl carbamates (subject to hydrolysis) is 1. The van der Waals surface area contributed by atoms with E-state index in [0.29, 0.717) is 25.8 Å². The van der Waals surface area contributed by atoms with Crippen LogP contribution in [0.5, 0.6) is 0 Å². The fourth-order valence-corrected chi connectivity index (χ4v) is 3.40. The van der Waals surface area contributed by atoms with Crippen molar-refractivity contribution in [2.45, 2.75) is 58.7 Å². The monoisotopic (exact) mass is 453 g/mol. The fraction of sp³-hybridized carbons (Fsp3) is 0.423. The predicted octanol–water partition coefficient (Wildman–Crippen LogP) is 3.58. The summed E-state index contributed by atoms with van der Waals surface area (Å²) < 4.78 is 5.31. The summed E-state index contributed by atoms with van der Waals surface area (Å²) in [5.41, 5.74) is 1.91. The summed E-state index contributed by atoms with van der Waals surface area (Å²) in [6.07, 6.45) is 0.792. The maximum Gasteiger partial charge on any atom is 0.408 e. The second-order valence-corrected chi connectivity index (χ2v) is 8.37. The fourth-order valence-electron chi connectivity index (χ4n) is 3.40. The lowest BCUT2D eigenvalue weighted by Crippen LogP contribution is -2.54. The molecule has 7 heteroatoms. The Labute approximate surface area is 196 Å². The van der Waals surface area contributed by atoms with E-state index < -0.39 is 24.1 Å². The first-order valence-corrected chi connectivity index (χ1v) is 11.5. The molecule has 33 heavy (non-hydrogen) atoms. The summed E-state index contributed by atoms with van der Waals surface area (Å²) in [5, 5.41) is 8.28. The number of hydrogen-bond donors (Lipinski definition) is 3. The highest BCUT2D eigenvalue weighted by molar-refractivity contribution is 5.91. The molecule has 0 aliphatic carbocycles. The third-order valence-electron chi connectivity index (χ3n) is 5.08. The van der Waals surface area contributed by atoms with E-state index in [1.54, 1.807) is 0 Å². The smallest absolute Gasteiger partial charge is 0.408 e. The van der Waals surface area contributed by atoms with E-state index in [-0.39, 0.29) is 18.4 Å². The average molecular weight is 454 g/mol. The van der Waals surface area contributed by atoms with Gasteiger partial charge in [0.05, 0.1) is 0 Å². The van der Waals surface area contributed by atoms with Gasteiger partial charge in [0, 0.05) is 6.54 Å². The molecule has 0 spiro atoms. The van der Waals surface area contributed by atoms with Gasteiger partial charge in [-0.25, -0.2) is 4.79 Å². The standard InChI is InChI=1S/C26H35N3O4/c1-4-27-24(30)23(17-19(2)3)28-25(31)22(16-15-20-11-7-5-8-12-20)29-26(32)33-18-21-13-9-6-10-14-21/h5-14,19,22-23H,4,15-18H2,1-3H3,(H,27,30)(H,28,31)(H,29,32)/t22-,23-/m0/s1. The second kappa shape index (κ2) is 13.9. The van der Waals surface area contributed by atoms with Crippen LogP contribution in [0.2, 0.25) is 0 Å². The number of benzene rings is 2. The van der Waals surface area contributed by atoms with Crippen molar-refractivity contribution in [3.8, 4) is 0 Å². The molecule has 0 fully saturated rings. The van der Waals surface area contributed by atoms with Crippen LogP contribution in [-0.2, 0) is 27.4 Å². The van der Waals surface area contributed by atoms with Gasteiger partial charge in [-0.1, -0.05) is 74.5 Å². The molecule has 0 saturated heterocycles. The topological polar surface area (TPSA) is 96.5 Å². The number of aryl methyl sites for hydroxylation is 1. The van der Waals surface area contributed by atoms with Gasteiger partial charge >= 0.3 is 6.09 Å². The zero-order chi connectivity index (χ0) is 24.1. The largest absolute Gasteiger partial charge is 0.445 e. The Morgan fingerprint density at radius 2 is 1.42 bits per heavy atom. The van der Waals surface area contributed by atoms with Gasteiger partial charge in [-0.3, -0.25) is 9.59 Å². The molecule has 0 saturated carbocycles. The van der Waals surface area contributed by atoms with Crippen molar-refractivity contribution in [3.05, 3.63) is 71.8 Å². The Bertz CT molecular complexity index is 872. The highest BCUT2D eigenvalue weighted by Gasteiger charge is 2.27. The van der Waals surface area contributed by atoms with Crippen molar-refractivity contribution in [2.75, 3.05) is 6.54 Å². The molecule has 0 aromatic heterocycles. The maximum absolute atomic E-state index is 13.1. The Hall–Kier alpha value is -3.35. The van der Waals surface area contributed by atoms with Gasteiger partial charge in [0.2, 0.25) is 11.8 Å². The van der Waals surface area contributed by atoms with Crippen molar-refractivity contribution >= 4 is 17.9 Å². The Balaban J connectivity index is 2.06. The molecule has 2 rings (SSSR count). The molecule has 2 atom stereocenters. The van der Waals surface area contributed by atoms with Crippen LogP contribution < -0.4 is 16.0 Å². The number of carbonyl (C=O) groups excluding carboxylic acids is 3. The number of ether oxygens (including phenoxy) is 1. The number of likely N-dealkylation sites (N-methyl/N-ethyl adjacent to an activating group) is 1. The van der Waals surface area contributed by atoms with Crippen molar-refractivity contribution in [2.24, 2.45) is 5.92 Å². The van der Waals surface area contributed by atoms with Crippen LogP contribution in [0, 0.1) is 5.92 Å². The molecule has 7 nitrogen and oxygen atoms in total. The lowest BCUT2D eigenvalue weighted by atomic mass is 10.0. The lowest BCUT2D eigenvalue weighted by molar-refractivity contribution is -0.130. The Kier molecular flexibility index (Phi) is 10.9. The van der Waals surface area contributed by atoms with Gasteiger partial charge in [-0.2, -0.15) is 0 Å². The molecule has 2 aromatic carbocycles. The average Bonchev–Trinajstić information content (AvgIpc) is 2.81. The molecule has 3 N–H and O–H groups in total. The maximum atomic E-state index is 13.1.